The molecule has 16 heavy (non-hydrogen) atoms. The maximum atomic E-state index is 11.4. The number of nitrogens with zero attached hydrogens (tertiary/aromatic N) is 3. The van der Waals surface area contributed by atoms with Gasteiger partial charge in [-0.2, -0.15) is 0 Å². The van der Waals surface area contributed by atoms with Crippen molar-refractivity contribution in [3.8, 4) is 0 Å². The SMILES string of the molecule is O=C1CCCN(c2ncnc3[pH]ccc23)C1. The molecule has 3 rings (SSSR count). The number of hydrogen-bond donors (Lipinski definition) is 0. The van der Waals surface area contributed by atoms with E-state index in [1.54, 1.807) is 6.33 Å². The third kappa shape index (κ3) is 1.59. The van der Waals surface area contributed by atoms with Gasteiger partial charge in [-0.05, 0) is 18.3 Å². The lowest BCUT2D eigenvalue weighted by Gasteiger charge is -2.27. The van der Waals surface area contributed by atoms with Gasteiger partial charge in [0.15, 0.2) is 5.78 Å². The summed E-state index contributed by atoms with van der Waals surface area (Å²) >= 11 is 0. The summed E-state index contributed by atoms with van der Waals surface area (Å²) in [6.07, 6.45) is 3.25. The largest absolute Gasteiger partial charge is 0.349 e. The van der Waals surface area contributed by atoms with Gasteiger partial charge in [-0.1, -0.05) is 0 Å². The highest BCUT2D eigenvalue weighted by Crippen LogP contribution is 2.30. The van der Waals surface area contributed by atoms with Gasteiger partial charge in [-0.15, -0.1) is 8.19 Å². The molecule has 0 aromatic carbocycles. The summed E-state index contributed by atoms with van der Waals surface area (Å²) in [5.74, 6) is 3.36. The lowest BCUT2D eigenvalue weighted by molar-refractivity contribution is -0.118. The highest BCUT2D eigenvalue weighted by molar-refractivity contribution is 7.36. The zero-order valence-corrected chi connectivity index (χ0v) is 9.81. The van der Waals surface area contributed by atoms with E-state index in [1.807, 2.05) is 0 Å². The molecular weight excluding hydrogens is 221 g/mol. The molecule has 1 atom stereocenters. The van der Waals surface area contributed by atoms with E-state index in [9.17, 15) is 4.79 Å². The van der Waals surface area contributed by atoms with Gasteiger partial charge in [0, 0.05) is 18.4 Å². The van der Waals surface area contributed by atoms with Gasteiger partial charge in [0.05, 0.1) is 11.8 Å². The maximum absolute atomic E-state index is 11.4. The molecule has 0 aliphatic carbocycles. The van der Waals surface area contributed by atoms with Crippen LogP contribution in [0.2, 0.25) is 0 Å². The van der Waals surface area contributed by atoms with E-state index in [-0.39, 0.29) is 0 Å². The first-order valence-corrected chi connectivity index (χ1v) is 6.47. The van der Waals surface area contributed by atoms with Crippen molar-refractivity contribution in [2.45, 2.75) is 12.8 Å². The molecule has 0 saturated carbocycles. The van der Waals surface area contributed by atoms with Crippen molar-refractivity contribution < 1.29 is 4.79 Å². The summed E-state index contributed by atoms with van der Waals surface area (Å²) in [6.45, 7) is 1.42. The first kappa shape index (κ1) is 9.79. The zero-order chi connectivity index (χ0) is 11.0. The van der Waals surface area contributed by atoms with Gasteiger partial charge < -0.3 is 4.90 Å². The molecule has 0 amide bonds. The van der Waals surface area contributed by atoms with Crippen LogP contribution in [0, 0.1) is 0 Å². The summed E-state index contributed by atoms with van der Waals surface area (Å²) in [7, 11) is 0.641. The number of piperidine rings is 1. The number of carbonyl (C=O) groups excluding carboxylic acids is 1. The van der Waals surface area contributed by atoms with Crippen molar-refractivity contribution in [3.05, 3.63) is 18.2 Å². The first-order chi connectivity index (χ1) is 7.84. The van der Waals surface area contributed by atoms with Crippen LogP contribution in [0.3, 0.4) is 0 Å². The summed E-state index contributed by atoms with van der Waals surface area (Å²) in [4.78, 5) is 22.1. The number of anilines is 1. The molecule has 1 aliphatic heterocycles. The molecule has 2 aromatic heterocycles. The van der Waals surface area contributed by atoms with E-state index in [0.29, 0.717) is 26.9 Å². The summed E-state index contributed by atoms with van der Waals surface area (Å²) < 4.78 is 0. The molecular formula is C11H12N3OP. The van der Waals surface area contributed by atoms with Crippen molar-refractivity contribution in [1.29, 1.82) is 0 Å². The first-order valence-electron chi connectivity index (χ1n) is 5.39. The van der Waals surface area contributed by atoms with Gasteiger partial charge in [0.25, 0.3) is 0 Å². The normalized spacial score (nSPS) is 17.5. The third-order valence-electron chi connectivity index (χ3n) is 2.88. The second-order valence-electron chi connectivity index (χ2n) is 4.00. The minimum atomic E-state index is 0.308. The molecule has 4 nitrogen and oxygen atoms in total. The fourth-order valence-electron chi connectivity index (χ4n) is 2.13. The van der Waals surface area contributed by atoms with E-state index in [2.05, 4.69) is 26.7 Å². The quantitative estimate of drug-likeness (QED) is 0.753. The second-order valence-corrected chi connectivity index (χ2v) is 5.10. The highest BCUT2D eigenvalue weighted by atomic mass is 31.0. The Morgan fingerprint density at radius 1 is 1.38 bits per heavy atom. The second kappa shape index (κ2) is 3.87. The molecule has 1 fully saturated rings. The molecule has 0 spiro atoms. The van der Waals surface area contributed by atoms with Crippen LogP contribution >= 0.6 is 8.19 Å². The van der Waals surface area contributed by atoms with Crippen LogP contribution in [0.25, 0.3) is 10.6 Å². The molecule has 0 radical (unpaired) electrons. The smallest absolute Gasteiger partial charge is 0.152 e. The average molecular weight is 233 g/mol. The van der Waals surface area contributed by atoms with Gasteiger partial charge in [-0.3, -0.25) is 4.79 Å². The maximum Gasteiger partial charge on any atom is 0.152 e. The Kier molecular flexibility index (Phi) is 2.37. The fraction of sp³-hybridized carbons (Fsp3) is 0.364. The van der Waals surface area contributed by atoms with Gasteiger partial charge in [0.2, 0.25) is 0 Å². The van der Waals surface area contributed by atoms with Gasteiger partial charge >= 0.3 is 0 Å². The fourth-order valence-corrected chi connectivity index (χ4v) is 3.02. The van der Waals surface area contributed by atoms with E-state index in [4.69, 9.17) is 0 Å². The standard InChI is InChI=1S/C11H12N3OP/c15-8-2-1-4-14(6-8)10-9-3-5-16-11(9)13-7-12-10/h3,5,7,16H,1-2,4,6H2. The molecule has 3 heterocycles. The number of ketones is 1. The lowest BCUT2D eigenvalue weighted by Crippen LogP contribution is -2.36. The predicted molar refractivity (Wildman–Crippen MR) is 65.5 cm³/mol. The summed E-state index contributed by atoms with van der Waals surface area (Å²) in [6, 6.07) is 2.07. The summed E-state index contributed by atoms with van der Waals surface area (Å²) in [5, 5.41) is 2.21. The van der Waals surface area contributed by atoms with Crippen LogP contribution in [0.15, 0.2) is 18.2 Å². The van der Waals surface area contributed by atoms with Gasteiger partial charge in [0.1, 0.15) is 12.1 Å². The molecule has 0 N–H and O–H groups in total. The molecule has 1 unspecified atom stereocenters. The molecule has 2 aromatic rings. The van der Waals surface area contributed by atoms with Crippen LogP contribution in [0.4, 0.5) is 5.82 Å². The third-order valence-corrected chi connectivity index (χ3v) is 3.89. The lowest BCUT2D eigenvalue weighted by atomic mass is 10.1. The molecule has 1 saturated heterocycles. The van der Waals surface area contributed by atoms with Crippen molar-refractivity contribution >= 4 is 30.4 Å². The Hall–Kier alpha value is -1.41. The highest BCUT2D eigenvalue weighted by Gasteiger charge is 2.19. The van der Waals surface area contributed by atoms with E-state index < -0.39 is 0 Å². The number of hydrogen-bond acceptors (Lipinski definition) is 4. The number of rotatable bonds is 1. The minimum Gasteiger partial charge on any atom is -0.349 e. The van der Waals surface area contributed by atoms with Crippen LogP contribution in [0.1, 0.15) is 12.8 Å². The average Bonchev–Trinajstić information content (AvgIpc) is 2.76. The minimum absolute atomic E-state index is 0.308. The van der Waals surface area contributed by atoms with Crippen LogP contribution < -0.4 is 4.90 Å². The Morgan fingerprint density at radius 3 is 3.19 bits per heavy atom. The van der Waals surface area contributed by atoms with Crippen molar-refractivity contribution in [1.82, 2.24) is 9.97 Å². The zero-order valence-electron chi connectivity index (χ0n) is 8.81. The van der Waals surface area contributed by atoms with E-state index in [0.717, 1.165) is 29.4 Å². The predicted octanol–water partition coefficient (Wildman–Crippen LogP) is 1.83. The van der Waals surface area contributed by atoms with E-state index in [1.165, 1.54) is 0 Å². The Labute approximate surface area is 94.8 Å². The molecule has 82 valence electrons. The van der Waals surface area contributed by atoms with Crippen molar-refractivity contribution in [3.63, 3.8) is 0 Å². The number of carbonyl (C=O) groups is 1. The summed E-state index contributed by atoms with van der Waals surface area (Å²) in [5.41, 5.74) is 0. The monoisotopic (exact) mass is 233 g/mol. The van der Waals surface area contributed by atoms with Crippen LogP contribution in [0.5, 0.6) is 0 Å². The van der Waals surface area contributed by atoms with E-state index >= 15 is 0 Å². The molecule has 5 heteroatoms. The Morgan fingerprint density at radius 2 is 2.31 bits per heavy atom. The topological polar surface area (TPSA) is 46.1 Å². The van der Waals surface area contributed by atoms with Crippen LogP contribution in [-0.2, 0) is 4.79 Å². The van der Waals surface area contributed by atoms with Crippen molar-refractivity contribution in [2.75, 3.05) is 18.0 Å². The number of aromatic nitrogens is 2. The molecule has 0 bridgehead atoms. The van der Waals surface area contributed by atoms with Crippen molar-refractivity contribution in [2.24, 2.45) is 0 Å². The number of fused-ring (bicyclic) bond motifs is 1. The Balaban J connectivity index is 2.04. The Bertz CT molecular complexity index is 537. The van der Waals surface area contributed by atoms with Crippen LogP contribution in [-0.4, -0.2) is 28.8 Å². The molecule has 1 aliphatic rings. The number of Topliss-reactive ketones (excluding diaryl/α,β-unsaturated/α-hetero) is 1. The van der Waals surface area contributed by atoms with Gasteiger partial charge in [-0.25, -0.2) is 9.97 Å².